The van der Waals surface area contributed by atoms with E-state index < -0.39 is 98.1 Å². The van der Waals surface area contributed by atoms with Crippen LogP contribution in [0.3, 0.4) is 0 Å². The van der Waals surface area contributed by atoms with E-state index in [4.69, 9.17) is 5.11 Å². The van der Waals surface area contributed by atoms with Crippen LogP contribution in [-0.2, 0) is 19.2 Å². The van der Waals surface area contributed by atoms with E-state index in [1.807, 2.05) is 0 Å². The highest BCUT2D eigenvalue weighted by atomic mass is 16.4. The summed E-state index contributed by atoms with van der Waals surface area (Å²) in [5.41, 5.74) is -16.6. The van der Waals surface area contributed by atoms with E-state index in [0.29, 0.717) is 0 Å². The maximum atomic E-state index is 11.9. The third-order valence-electron chi connectivity index (χ3n) is 3.92. The molecule has 0 aliphatic carbocycles. The van der Waals surface area contributed by atoms with Crippen LogP contribution in [0.1, 0.15) is 57.4 Å². The summed E-state index contributed by atoms with van der Waals surface area (Å²) in [6.45, 7) is 0. The topological polar surface area (TPSA) is 315 Å². The molecule has 0 saturated heterocycles. The lowest BCUT2D eigenvalue weighted by Gasteiger charge is -2.19. The summed E-state index contributed by atoms with van der Waals surface area (Å²) < 4.78 is 0. The van der Waals surface area contributed by atoms with Crippen molar-refractivity contribution in [1.82, 2.24) is 0 Å². The third-order valence-corrected chi connectivity index (χ3v) is 3.92. The van der Waals surface area contributed by atoms with Crippen molar-refractivity contribution in [2.75, 3.05) is 0 Å². The molecule has 34 heavy (non-hydrogen) atoms. The van der Waals surface area contributed by atoms with Crippen LogP contribution >= 0.6 is 0 Å². The predicted octanol–water partition coefficient (Wildman–Crippen LogP) is -1.25. The SMILES string of the molecule is O=C(O)C(=O)C(C(=O)O)=C(C(=O)O)c1c(C(=O)O)c(C(=O)O)c(C(=O)O)c(C(=O)O)c1C(=O)O. The standard InChI is InChI=1S/C17H8O17/c18-9(17(33)34)8(16(31)32)4(12(23)24)1-2(10(19)20)5(13(25)26)7(15(29)30)6(14(27)28)3(1)11(21)22/h(H,19,20)(H,21,22)(H,23,24)(H,25,26)(H,27,28)(H,29,30)(H,31,32)(H,33,34). The van der Waals surface area contributed by atoms with Gasteiger partial charge in [-0.2, -0.15) is 0 Å². The Kier molecular flexibility index (Phi) is 7.20. The van der Waals surface area contributed by atoms with Gasteiger partial charge in [0.25, 0.3) is 5.78 Å². The van der Waals surface area contributed by atoms with Crippen LogP contribution in [0.4, 0.5) is 0 Å². The molecule has 1 rings (SSSR count). The second kappa shape index (κ2) is 9.26. The molecule has 0 aliphatic heterocycles. The van der Waals surface area contributed by atoms with Gasteiger partial charge in [-0.3, -0.25) is 4.79 Å². The number of aromatic carboxylic acids is 5. The smallest absolute Gasteiger partial charge is 0.377 e. The summed E-state index contributed by atoms with van der Waals surface area (Å²) in [7, 11) is 0. The summed E-state index contributed by atoms with van der Waals surface area (Å²) in [5.74, 6) is -23.3. The van der Waals surface area contributed by atoms with E-state index in [0.717, 1.165) is 0 Å². The van der Waals surface area contributed by atoms with Crippen molar-refractivity contribution in [1.29, 1.82) is 0 Å². The molecule has 0 fully saturated rings. The van der Waals surface area contributed by atoms with Crippen LogP contribution in [0.15, 0.2) is 5.57 Å². The molecule has 0 radical (unpaired) electrons. The Hall–Kier alpha value is -5.61. The van der Waals surface area contributed by atoms with Crippen LogP contribution < -0.4 is 0 Å². The van der Waals surface area contributed by atoms with E-state index in [2.05, 4.69) is 0 Å². The first kappa shape index (κ1) is 26.4. The number of ketones is 1. The van der Waals surface area contributed by atoms with E-state index >= 15 is 0 Å². The van der Waals surface area contributed by atoms with Crippen molar-refractivity contribution in [2.24, 2.45) is 0 Å². The number of rotatable bonds is 10. The predicted molar refractivity (Wildman–Crippen MR) is 96.1 cm³/mol. The number of carboxylic acids is 8. The molecule has 8 N–H and O–H groups in total. The van der Waals surface area contributed by atoms with Gasteiger partial charge in [0.05, 0.1) is 33.4 Å². The number of hydrogen-bond acceptors (Lipinski definition) is 9. The average molecular weight is 484 g/mol. The maximum absolute atomic E-state index is 11.9. The number of Topliss-reactive ketones (excluding diaryl/α,β-unsaturated/α-hetero) is 1. The molecule has 0 saturated carbocycles. The van der Waals surface area contributed by atoms with Crippen LogP contribution in [0.5, 0.6) is 0 Å². The monoisotopic (exact) mass is 484 g/mol. The molecule has 0 spiro atoms. The molecular formula is C17H8O17. The molecule has 1 aromatic rings. The Morgan fingerprint density at radius 3 is 0.794 bits per heavy atom. The number of aliphatic carboxylic acids is 3. The Morgan fingerprint density at radius 2 is 0.618 bits per heavy atom. The van der Waals surface area contributed by atoms with E-state index in [1.165, 1.54) is 0 Å². The Morgan fingerprint density at radius 1 is 0.353 bits per heavy atom. The fourth-order valence-electron chi connectivity index (χ4n) is 2.83. The van der Waals surface area contributed by atoms with E-state index in [9.17, 15) is 78.9 Å². The third kappa shape index (κ3) is 4.37. The van der Waals surface area contributed by atoms with Gasteiger partial charge < -0.3 is 40.9 Å². The minimum atomic E-state index is -2.70. The van der Waals surface area contributed by atoms with Crippen LogP contribution in [0.2, 0.25) is 0 Å². The molecule has 17 heteroatoms. The molecule has 0 aliphatic rings. The summed E-state index contributed by atoms with van der Waals surface area (Å²) in [6, 6.07) is 0. The highest BCUT2D eigenvalue weighted by Crippen LogP contribution is 2.36. The van der Waals surface area contributed by atoms with Crippen molar-refractivity contribution >= 4 is 59.1 Å². The second-order valence-electron chi connectivity index (χ2n) is 5.77. The second-order valence-corrected chi connectivity index (χ2v) is 5.77. The van der Waals surface area contributed by atoms with Crippen molar-refractivity contribution in [3.05, 3.63) is 39.0 Å². The Labute approximate surface area is 183 Å². The molecule has 1 aromatic carbocycles. The average Bonchev–Trinajstić information content (AvgIpc) is 2.67. The highest BCUT2D eigenvalue weighted by molar-refractivity contribution is 6.51. The maximum Gasteiger partial charge on any atom is 0.377 e. The number of carboxylic acid groups (broad SMARTS) is 8. The zero-order chi connectivity index (χ0) is 26.8. The van der Waals surface area contributed by atoms with Gasteiger partial charge >= 0.3 is 47.8 Å². The van der Waals surface area contributed by atoms with E-state index in [-0.39, 0.29) is 0 Å². The molecule has 17 nitrogen and oxygen atoms in total. The molecular weight excluding hydrogens is 476 g/mol. The summed E-state index contributed by atoms with van der Waals surface area (Å²) in [4.78, 5) is 105. The van der Waals surface area contributed by atoms with Gasteiger partial charge in [-0.05, 0) is 0 Å². The van der Waals surface area contributed by atoms with Crippen molar-refractivity contribution < 1.29 is 84.0 Å². The van der Waals surface area contributed by atoms with Gasteiger partial charge in [-0.25, -0.2) is 38.4 Å². The van der Waals surface area contributed by atoms with Crippen LogP contribution in [-0.4, -0.2) is 94.4 Å². The zero-order valence-electron chi connectivity index (χ0n) is 15.8. The van der Waals surface area contributed by atoms with Crippen molar-refractivity contribution in [3.63, 3.8) is 0 Å². The van der Waals surface area contributed by atoms with Gasteiger partial charge in [0, 0.05) is 5.56 Å². The fraction of sp³-hybridized carbons (Fsp3) is 0. The normalized spacial score (nSPS) is 11.1. The largest absolute Gasteiger partial charge is 0.478 e. The fourth-order valence-corrected chi connectivity index (χ4v) is 2.83. The van der Waals surface area contributed by atoms with Crippen molar-refractivity contribution in [2.45, 2.75) is 0 Å². The number of benzene rings is 1. The van der Waals surface area contributed by atoms with Crippen molar-refractivity contribution in [3.8, 4) is 0 Å². The zero-order valence-corrected chi connectivity index (χ0v) is 15.8. The molecule has 0 heterocycles. The summed E-state index contributed by atoms with van der Waals surface area (Å²) in [5, 5.41) is 74.4. The lowest BCUT2D eigenvalue weighted by Crippen LogP contribution is -2.29. The van der Waals surface area contributed by atoms with Gasteiger partial charge in [-0.15, -0.1) is 0 Å². The summed E-state index contributed by atoms with van der Waals surface area (Å²) in [6.07, 6.45) is 0. The lowest BCUT2D eigenvalue weighted by atomic mass is 9.81. The highest BCUT2D eigenvalue weighted by Gasteiger charge is 2.43. The lowest BCUT2D eigenvalue weighted by molar-refractivity contribution is -0.149. The van der Waals surface area contributed by atoms with Crippen LogP contribution in [0.25, 0.3) is 5.57 Å². The van der Waals surface area contributed by atoms with Gasteiger partial charge in [0.1, 0.15) is 5.57 Å². The molecule has 0 unspecified atom stereocenters. The first-order valence-corrected chi connectivity index (χ1v) is 7.88. The number of carbonyl (C=O) groups excluding carboxylic acids is 1. The Balaban J connectivity index is 4.97. The molecule has 0 amide bonds. The van der Waals surface area contributed by atoms with Gasteiger partial charge in [-0.1, -0.05) is 0 Å². The molecule has 178 valence electrons. The minimum Gasteiger partial charge on any atom is -0.478 e. The van der Waals surface area contributed by atoms with Gasteiger partial charge in [0.15, 0.2) is 0 Å². The Bertz CT molecular complexity index is 1220. The number of hydrogen-bond donors (Lipinski definition) is 8. The first-order valence-electron chi connectivity index (χ1n) is 7.88. The minimum absolute atomic E-state index is 1.94. The first-order chi connectivity index (χ1) is 15.5. The van der Waals surface area contributed by atoms with E-state index in [1.54, 1.807) is 0 Å². The van der Waals surface area contributed by atoms with Crippen LogP contribution in [0, 0.1) is 0 Å². The molecule has 0 atom stereocenters. The molecule has 0 bridgehead atoms. The summed E-state index contributed by atoms with van der Waals surface area (Å²) >= 11 is 0. The van der Waals surface area contributed by atoms with Gasteiger partial charge in [0.2, 0.25) is 0 Å². The number of carbonyl (C=O) groups is 9. The quantitative estimate of drug-likeness (QED) is 0.0832. The molecule has 0 aromatic heterocycles.